The molecule has 0 bridgehead atoms. The molecule has 2 aromatic carbocycles. The largest absolute Gasteiger partial charge is 0.351 e. The first-order valence-corrected chi connectivity index (χ1v) is 10.6. The van der Waals surface area contributed by atoms with Gasteiger partial charge in [-0.15, -0.1) is 0 Å². The van der Waals surface area contributed by atoms with Crippen LogP contribution in [-0.2, 0) is 21.2 Å². The zero-order valence-electron chi connectivity index (χ0n) is 15.6. The molecular formula is C21H24FNO3S. The van der Waals surface area contributed by atoms with Crippen LogP contribution < -0.4 is 5.32 Å². The second kappa shape index (κ2) is 7.43. The molecule has 6 heteroatoms. The summed E-state index contributed by atoms with van der Waals surface area (Å²) in [5, 5.41) is 2.67. The molecule has 2 aromatic rings. The number of carbonyl (C=O) groups is 1. The number of halogens is 1. The standard InChI is InChI=1S/C21H24FNO3S/c1-15-9-10-18(13-16(15)2)27(25,26)21(11-5-6-12-21)20(24)23-14-17-7-3-4-8-19(17)22/h3-4,7-10,13H,5-6,11-12,14H2,1-2H3,(H,23,24). The summed E-state index contributed by atoms with van der Waals surface area (Å²) in [6.07, 6.45) is 1.92. The van der Waals surface area contributed by atoms with E-state index in [1.165, 1.54) is 6.07 Å². The summed E-state index contributed by atoms with van der Waals surface area (Å²) in [7, 11) is -3.86. The number of rotatable bonds is 5. The molecule has 27 heavy (non-hydrogen) atoms. The number of carbonyl (C=O) groups excluding carboxylic acids is 1. The van der Waals surface area contributed by atoms with E-state index in [9.17, 15) is 17.6 Å². The maximum atomic E-state index is 13.8. The molecule has 1 saturated carbocycles. The Balaban J connectivity index is 1.91. The van der Waals surface area contributed by atoms with Gasteiger partial charge >= 0.3 is 0 Å². The second-order valence-electron chi connectivity index (χ2n) is 7.22. The van der Waals surface area contributed by atoms with Crippen molar-refractivity contribution in [1.29, 1.82) is 0 Å². The molecule has 0 aliphatic heterocycles. The summed E-state index contributed by atoms with van der Waals surface area (Å²) in [4.78, 5) is 13.2. The Morgan fingerprint density at radius 3 is 2.37 bits per heavy atom. The zero-order chi connectivity index (χ0) is 19.7. The summed E-state index contributed by atoms with van der Waals surface area (Å²) >= 11 is 0. The van der Waals surface area contributed by atoms with Crippen LogP contribution in [0.5, 0.6) is 0 Å². The van der Waals surface area contributed by atoms with Crippen LogP contribution in [0, 0.1) is 19.7 Å². The molecule has 0 aromatic heterocycles. The van der Waals surface area contributed by atoms with Gasteiger partial charge in [-0.3, -0.25) is 4.79 Å². The van der Waals surface area contributed by atoms with E-state index < -0.39 is 26.3 Å². The Labute approximate surface area is 159 Å². The molecule has 1 aliphatic rings. The Morgan fingerprint density at radius 2 is 1.74 bits per heavy atom. The highest BCUT2D eigenvalue weighted by Gasteiger charge is 2.52. The van der Waals surface area contributed by atoms with Crippen molar-refractivity contribution in [2.45, 2.75) is 55.7 Å². The van der Waals surface area contributed by atoms with Crippen LogP contribution in [0.2, 0.25) is 0 Å². The molecule has 1 fully saturated rings. The molecule has 0 heterocycles. The van der Waals surface area contributed by atoms with Crippen LogP contribution in [0.4, 0.5) is 4.39 Å². The maximum Gasteiger partial charge on any atom is 0.242 e. The smallest absolute Gasteiger partial charge is 0.242 e. The van der Waals surface area contributed by atoms with Crippen molar-refractivity contribution in [2.75, 3.05) is 0 Å². The quantitative estimate of drug-likeness (QED) is 0.845. The third-order valence-electron chi connectivity index (χ3n) is 5.53. The lowest BCUT2D eigenvalue weighted by molar-refractivity contribution is -0.123. The average Bonchev–Trinajstić information content (AvgIpc) is 3.15. The number of hydrogen-bond donors (Lipinski definition) is 1. The number of sulfone groups is 1. The van der Waals surface area contributed by atoms with E-state index in [2.05, 4.69) is 5.32 Å². The topological polar surface area (TPSA) is 63.2 Å². The molecule has 1 amide bonds. The van der Waals surface area contributed by atoms with E-state index in [1.807, 2.05) is 13.8 Å². The van der Waals surface area contributed by atoms with Crippen molar-refractivity contribution in [1.82, 2.24) is 5.32 Å². The van der Waals surface area contributed by atoms with Crippen molar-refractivity contribution >= 4 is 15.7 Å². The van der Waals surface area contributed by atoms with Crippen molar-refractivity contribution < 1.29 is 17.6 Å². The molecule has 1 aliphatic carbocycles. The summed E-state index contributed by atoms with van der Waals surface area (Å²) in [6, 6.07) is 11.1. The monoisotopic (exact) mass is 389 g/mol. The van der Waals surface area contributed by atoms with E-state index in [1.54, 1.807) is 36.4 Å². The van der Waals surface area contributed by atoms with E-state index in [0.29, 0.717) is 18.4 Å². The van der Waals surface area contributed by atoms with Gasteiger partial charge in [0.15, 0.2) is 14.6 Å². The number of aryl methyl sites for hydroxylation is 2. The van der Waals surface area contributed by atoms with E-state index in [-0.39, 0.29) is 24.3 Å². The molecule has 0 unspecified atom stereocenters. The summed E-state index contributed by atoms with van der Waals surface area (Å²) in [5.41, 5.74) is 2.21. The fraction of sp³-hybridized carbons (Fsp3) is 0.381. The minimum atomic E-state index is -3.86. The van der Waals surface area contributed by atoms with Crippen molar-refractivity contribution in [3.63, 3.8) is 0 Å². The van der Waals surface area contributed by atoms with Gasteiger partial charge in [-0.25, -0.2) is 12.8 Å². The van der Waals surface area contributed by atoms with Crippen LogP contribution in [0.15, 0.2) is 47.4 Å². The Kier molecular flexibility index (Phi) is 5.38. The lowest BCUT2D eigenvalue weighted by atomic mass is 10.1. The van der Waals surface area contributed by atoms with E-state index >= 15 is 0 Å². The molecular weight excluding hydrogens is 365 g/mol. The Morgan fingerprint density at radius 1 is 1.07 bits per heavy atom. The average molecular weight is 389 g/mol. The minimum Gasteiger partial charge on any atom is -0.351 e. The van der Waals surface area contributed by atoms with Crippen molar-refractivity contribution in [2.24, 2.45) is 0 Å². The first-order chi connectivity index (χ1) is 12.8. The molecule has 1 N–H and O–H groups in total. The van der Waals surface area contributed by atoms with Crippen LogP contribution in [0.25, 0.3) is 0 Å². The van der Waals surface area contributed by atoms with Gasteiger partial charge in [0.1, 0.15) is 5.82 Å². The van der Waals surface area contributed by atoms with Crippen LogP contribution >= 0.6 is 0 Å². The third kappa shape index (κ3) is 3.50. The zero-order valence-corrected chi connectivity index (χ0v) is 16.4. The predicted molar refractivity (Wildman–Crippen MR) is 103 cm³/mol. The highest BCUT2D eigenvalue weighted by atomic mass is 32.2. The first kappa shape index (κ1) is 19.5. The molecule has 144 valence electrons. The van der Waals surface area contributed by atoms with Crippen LogP contribution in [0.1, 0.15) is 42.4 Å². The number of hydrogen-bond acceptors (Lipinski definition) is 3. The SMILES string of the molecule is Cc1ccc(S(=O)(=O)C2(C(=O)NCc3ccccc3F)CCCC2)cc1C. The van der Waals surface area contributed by atoms with Gasteiger partial charge in [0, 0.05) is 12.1 Å². The van der Waals surface area contributed by atoms with Gasteiger partial charge in [0.25, 0.3) is 0 Å². The lowest BCUT2D eigenvalue weighted by Gasteiger charge is -2.28. The van der Waals surface area contributed by atoms with Gasteiger partial charge in [0.2, 0.25) is 5.91 Å². The Hall–Kier alpha value is -2.21. The van der Waals surface area contributed by atoms with Gasteiger partial charge in [-0.2, -0.15) is 0 Å². The maximum absolute atomic E-state index is 13.8. The molecule has 0 spiro atoms. The predicted octanol–water partition coefficient (Wildman–Crippen LogP) is 3.85. The summed E-state index contributed by atoms with van der Waals surface area (Å²) in [6.45, 7) is 3.74. The molecule has 3 rings (SSSR count). The van der Waals surface area contributed by atoms with Gasteiger partial charge in [-0.05, 0) is 56.0 Å². The van der Waals surface area contributed by atoms with E-state index in [0.717, 1.165) is 11.1 Å². The number of amides is 1. The normalized spacial score (nSPS) is 16.3. The van der Waals surface area contributed by atoms with Gasteiger partial charge < -0.3 is 5.32 Å². The van der Waals surface area contributed by atoms with Gasteiger partial charge in [0.05, 0.1) is 4.90 Å². The lowest BCUT2D eigenvalue weighted by Crippen LogP contribution is -2.50. The number of benzene rings is 2. The van der Waals surface area contributed by atoms with Crippen LogP contribution in [-0.4, -0.2) is 19.1 Å². The third-order valence-corrected chi connectivity index (χ3v) is 8.02. The molecule has 0 atom stereocenters. The number of nitrogens with one attached hydrogen (secondary N) is 1. The fourth-order valence-corrected chi connectivity index (χ4v) is 5.82. The fourth-order valence-electron chi connectivity index (χ4n) is 3.65. The molecule has 0 saturated heterocycles. The Bertz CT molecular complexity index is 963. The molecule has 4 nitrogen and oxygen atoms in total. The molecule has 0 radical (unpaired) electrons. The summed E-state index contributed by atoms with van der Waals surface area (Å²) < 4.78 is 39.1. The second-order valence-corrected chi connectivity index (χ2v) is 9.48. The van der Waals surface area contributed by atoms with E-state index in [4.69, 9.17) is 0 Å². The highest BCUT2D eigenvalue weighted by molar-refractivity contribution is 7.93. The van der Waals surface area contributed by atoms with Crippen molar-refractivity contribution in [3.05, 3.63) is 65.0 Å². The first-order valence-electron chi connectivity index (χ1n) is 9.11. The van der Waals surface area contributed by atoms with Crippen molar-refractivity contribution in [3.8, 4) is 0 Å². The minimum absolute atomic E-state index is 0.0320. The summed E-state index contributed by atoms with van der Waals surface area (Å²) in [5.74, 6) is -0.961. The van der Waals surface area contributed by atoms with Gasteiger partial charge in [-0.1, -0.05) is 37.1 Å². The highest BCUT2D eigenvalue weighted by Crippen LogP contribution is 2.41. The van der Waals surface area contributed by atoms with Crippen LogP contribution in [0.3, 0.4) is 0 Å².